The van der Waals surface area contributed by atoms with Crippen LogP contribution in [0.2, 0.25) is 0 Å². The largest absolute Gasteiger partial charge is 0.416 e. The molecule has 0 heterocycles. The number of carbonyl (C=O) groups excluding carboxylic acids is 1. The number of nitrogens with two attached hydrogens (primary N) is 1. The molecule has 0 aliphatic heterocycles. The lowest BCUT2D eigenvalue weighted by atomic mass is 10.1. The zero-order valence-electron chi connectivity index (χ0n) is 10.8. The first-order valence-electron chi connectivity index (χ1n) is 5.79. The number of aryl methyl sites for hydroxylation is 1. The highest BCUT2D eigenvalue weighted by Crippen LogP contribution is 2.28. The molecule has 0 unspecified atom stereocenters. The Bertz CT molecular complexity index is 548. The highest BCUT2D eigenvalue weighted by atomic mass is 19.4. The maximum atomic E-state index is 12.0. The Labute approximate surface area is 115 Å². The van der Waals surface area contributed by atoms with Crippen molar-refractivity contribution < 1.29 is 18.0 Å². The second-order valence-electron chi connectivity index (χ2n) is 4.09. The topological polar surface area (TPSA) is 43.1 Å². The molecule has 2 aromatic carbocycles. The molecule has 0 aliphatic carbocycles. The van der Waals surface area contributed by atoms with Crippen LogP contribution >= 0.6 is 0 Å². The molecule has 20 heavy (non-hydrogen) atoms. The number of amides is 1. The summed E-state index contributed by atoms with van der Waals surface area (Å²) < 4.78 is 36.0. The van der Waals surface area contributed by atoms with Gasteiger partial charge in [0.1, 0.15) is 0 Å². The van der Waals surface area contributed by atoms with Crippen LogP contribution in [0.4, 0.5) is 13.2 Å². The van der Waals surface area contributed by atoms with Crippen LogP contribution in [0, 0.1) is 6.92 Å². The summed E-state index contributed by atoms with van der Waals surface area (Å²) >= 11 is 0. The molecule has 0 bridgehead atoms. The first-order valence-corrected chi connectivity index (χ1v) is 5.79. The van der Waals surface area contributed by atoms with Crippen LogP contribution in [0.1, 0.15) is 21.5 Å². The average Bonchev–Trinajstić information content (AvgIpc) is 2.39. The van der Waals surface area contributed by atoms with Crippen molar-refractivity contribution in [1.29, 1.82) is 0 Å². The molecule has 0 spiro atoms. The summed E-state index contributed by atoms with van der Waals surface area (Å²) in [6, 6.07) is 14.0. The molecule has 5 heteroatoms. The zero-order chi connectivity index (χ0) is 15.2. The lowest BCUT2D eigenvalue weighted by Crippen LogP contribution is -2.11. The van der Waals surface area contributed by atoms with E-state index < -0.39 is 17.6 Å². The Morgan fingerprint density at radius 2 is 1.45 bits per heavy atom. The molecule has 2 nitrogen and oxygen atoms in total. The third kappa shape index (κ3) is 5.14. The SMILES string of the molecule is Cc1ccccc1.NC(=O)c1ccc(C(F)(F)F)cc1. The minimum Gasteiger partial charge on any atom is -0.366 e. The fourth-order valence-electron chi connectivity index (χ4n) is 1.36. The maximum absolute atomic E-state index is 12.0. The predicted molar refractivity (Wildman–Crippen MR) is 71.1 cm³/mol. The second kappa shape index (κ2) is 6.75. The van der Waals surface area contributed by atoms with Gasteiger partial charge >= 0.3 is 6.18 Å². The minimum absolute atomic E-state index is 0.0630. The summed E-state index contributed by atoms with van der Waals surface area (Å²) in [7, 11) is 0. The number of hydrogen-bond acceptors (Lipinski definition) is 1. The fourth-order valence-corrected chi connectivity index (χ4v) is 1.36. The van der Waals surface area contributed by atoms with Crippen molar-refractivity contribution in [3.05, 3.63) is 71.3 Å². The van der Waals surface area contributed by atoms with E-state index in [-0.39, 0.29) is 5.56 Å². The molecule has 0 atom stereocenters. The third-order valence-corrected chi connectivity index (χ3v) is 2.44. The van der Waals surface area contributed by atoms with Crippen molar-refractivity contribution in [1.82, 2.24) is 0 Å². The molecule has 0 saturated heterocycles. The molecule has 0 radical (unpaired) electrons. The van der Waals surface area contributed by atoms with E-state index in [1.807, 2.05) is 18.2 Å². The highest BCUT2D eigenvalue weighted by molar-refractivity contribution is 5.92. The molecule has 2 N–H and O–H groups in total. The monoisotopic (exact) mass is 281 g/mol. The van der Waals surface area contributed by atoms with Crippen molar-refractivity contribution in [2.45, 2.75) is 13.1 Å². The summed E-state index contributed by atoms with van der Waals surface area (Å²) in [4.78, 5) is 10.5. The summed E-state index contributed by atoms with van der Waals surface area (Å²) in [5.41, 5.74) is 5.44. The molecule has 2 rings (SSSR count). The molecular formula is C15H14F3NO. The van der Waals surface area contributed by atoms with E-state index in [4.69, 9.17) is 5.73 Å². The minimum atomic E-state index is -4.38. The van der Waals surface area contributed by atoms with E-state index in [0.717, 1.165) is 24.3 Å². The van der Waals surface area contributed by atoms with Crippen LogP contribution in [0.3, 0.4) is 0 Å². The van der Waals surface area contributed by atoms with Gasteiger partial charge in [0.15, 0.2) is 0 Å². The summed E-state index contributed by atoms with van der Waals surface area (Å²) in [5, 5.41) is 0. The summed E-state index contributed by atoms with van der Waals surface area (Å²) in [5.74, 6) is -0.742. The van der Waals surface area contributed by atoms with Gasteiger partial charge in [-0.15, -0.1) is 0 Å². The first-order chi connectivity index (χ1) is 9.30. The second-order valence-corrected chi connectivity index (χ2v) is 4.09. The van der Waals surface area contributed by atoms with Crippen molar-refractivity contribution in [2.24, 2.45) is 5.73 Å². The van der Waals surface area contributed by atoms with E-state index >= 15 is 0 Å². The average molecular weight is 281 g/mol. The first kappa shape index (κ1) is 15.8. The molecular weight excluding hydrogens is 267 g/mol. The van der Waals surface area contributed by atoms with Gasteiger partial charge in [0, 0.05) is 5.56 Å². The highest BCUT2D eigenvalue weighted by Gasteiger charge is 2.30. The van der Waals surface area contributed by atoms with Crippen LogP contribution in [0.5, 0.6) is 0 Å². The number of rotatable bonds is 1. The van der Waals surface area contributed by atoms with Crippen molar-refractivity contribution >= 4 is 5.91 Å². The number of hydrogen-bond donors (Lipinski definition) is 1. The normalized spacial score (nSPS) is 10.4. The van der Waals surface area contributed by atoms with E-state index in [0.29, 0.717) is 0 Å². The summed E-state index contributed by atoms with van der Waals surface area (Å²) in [6.07, 6.45) is -4.38. The smallest absolute Gasteiger partial charge is 0.366 e. The van der Waals surface area contributed by atoms with E-state index in [1.165, 1.54) is 5.56 Å². The van der Waals surface area contributed by atoms with E-state index in [9.17, 15) is 18.0 Å². The molecule has 0 aliphatic rings. The number of carbonyl (C=O) groups is 1. The summed E-state index contributed by atoms with van der Waals surface area (Å²) in [6.45, 7) is 2.08. The van der Waals surface area contributed by atoms with Gasteiger partial charge in [0.25, 0.3) is 0 Å². The Morgan fingerprint density at radius 1 is 0.950 bits per heavy atom. The van der Waals surface area contributed by atoms with Crippen molar-refractivity contribution in [3.8, 4) is 0 Å². The number of benzene rings is 2. The predicted octanol–water partition coefficient (Wildman–Crippen LogP) is 3.80. The maximum Gasteiger partial charge on any atom is 0.416 e. The Hall–Kier alpha value is -2.30. The van der Waals surface area contributed by atoms with Gasteiger partial charge in [-0.25, -0.2) is 0 Å². The van der Waals surface area contributed by atoms with Gasteiger partial charge in [0.2, 0.25) is 5.91 Å². The van der Waals surface area contributed by atoms with Gasteiger partial charge in [-0.3, -0.25) is 4.79 Å². The van der Waals surface area contributed by atoms with Crippen molar-refractivity contribution in [2.75, 3.05) is 0 Å². The molecule has 2 aromatic rings. The van der Waals surface area contributed by atoms with Gasteiger partial charge < -0.3 is 5.73 Å². The standard InChI is InChI=1S/C8H6F3NO.C7H8/c9-8(10,11)6-3-1-5(2-4-6)7(12)13;1-7-5-3-2-4-6-7/h1-4H,(H2,12,13);2-6H,1H3. The number of alkyl halides is 3. The Kier molecular flexibility index (Phi) is 5.32. The molecule has 106 valence electrons. The van der Waals surface area contributed by atoms with E-state index in [1.54, 1.807) is 0 Å². The van der Waals surface area contributed by atoms with Gasteiger partial charge in [-0.1, -0.05) is 35.9 Å². The lowest BCUT2D eigenvalue weighted by molar-refractivity contribution is -0.137. The molecule has 0 aromatic heterocycles. The zero-order valence-corrected chi connectivity index (χ0v) is 10.8. The third-order valence-electron chi connectivity index (χ3n) is 2.44. The number of primary amides is 1. The fraction of sp³-hybridized carbons (Fsp3) is 0.133. The van der Waals surface area contributed by atoms with Gasteiger partial charge in [0.05, 0.1) is 5.56 Å². The van der Waals surface area contributed by atoms with Crippen LogP contribution in [0.15, 0.2) is 54.6 Å². The quantitative estimate of drug-likeness (QED) is 0.848. The van der Waals surface area contributed by atoms with E-state index in [2.05, 4.69) is 19.1 Å². The molecule has 0 fully saturated rings. The lowest BCUT2D eigenvalue weighted by Gasteiger charge is -2.05. The number of halogens is 3. The molecule has 0 saturated carbocycles. The van der Waals surface area contributed by atoms with Gasteiger partial charge in [-0.2, -0.15) is 13.2 Å². The van der Waals surface area contributed by atoms with Crippen LogP contribution in [-0.4, -0.2) is 5.91 Å². The van der Waals surface area contributed by atoms with Gasteiger partial charge in [-0.05, 0) is 31.2 Å². The Morgan fingerprint density at radius 3 is 1.75 bits per heavy atom. The van der Waals surface area contributed by atoms with Crippen LogP contribution < -0.4 is 5.73 Å². The molecule has 1 amide bonds. The van der Waals surface area contributed by atoms with Crippen LogP contribution in [-0.2, 0) is 6.18 Å². The van der Waals surface area contributed by atoms with Crippen LogP contribution in [0.25, 0.3) is 0 Å². The Balaban J connectivity index is 0.000000240. The van der Waals surface area contributed by atoms with Crippen molar-refractivity contribution in [3.63, 3.8) is 0 Å².